The number of aliphatic hydroxyl groups excluding tert-OH is 1. The number of aliphatic carboxylic acids is 1. The number of aromatic nitrogens is 2. The van der Waals surface area contributed by atoms with Crippen LogP contribution in [0, 0.1) is 0 Å². The van der Waals surface area contributed by atoms with E-state index in [2.05, 4.69) is 14.9 Å². The largest absolute Gasteiger partial charge is 0.479 e. The number of hydrogen-bond acceptors (Lipinski definition) is 5. The van der Waals surface area contributed by atoms with Crippen molar-refractivity contribution in [1.82, 2.24) is 14.9 Å². The molecule has 0 unspecified atom stereocenters. The normalized spacial score (nSPS) is 13.6. The minimum atomic E-state index is -3.69. The molecule has 4 N–H and O–H groups in total. The maximum absolute atomic E-state index is 11.4. The molecule has 1 atom stereocenters. The van der Waals surface area contributed by atoms with Gasteiger partial charge in [0.2, 0.25) is 10.0 Å². The smallest absolute Gasteiger partial charge is 0.332 e. The Labute approximate surface area is 91.3 Å². The van der Waals surface area contributed by atoms with Crippen molar-refractivity contribution in [3.05, 3.63) is 12.4 Å². The minimum Gasteiger partial charge on any atom is -0.479 e. The monoisotopic (exact) mass is 249 g/mol. The predicted octanol–water partition coefficient (Wildman–Crippen LogP) is -1.48. The quantitative estimate of drug-likeness (QED) is 0.486. The fourth-order valence-electron chi connectivity index (χ4n) is 0.923. The SMILES string of the molecule is O=C(O)[C@@H](O)CCNS(=O)(=O)c1cn[nH]c1. The van der Waals surface area contributed by atoms with Gasteiger partial charge in [-0.1, -0.05) is 0 Å². The van der Waals surface area contributed by atoms with Crippen molar-refractivity contribution in [3.63, 3.8) is 0 Å². The average molecular weight is 249 g/mol. The van der Waals surface area contributed by atoms with Crippen molar-refractivity contribution in [2.24, 2.45) is 0 Å². The molecule has 9 heteroatoms. The van der Waals surface area contributed by atoms with Gasteiger partial charge in [-0.15, -0.1) is 0 Å². The molecule has 0 saturated carbocycles. The van der Waals surface area contributed by atoms with E-state index in [0.29, 0.717) is 0 Å². The first-order chi connectivity index (χ1) is 7.43. The lowest BCUT2D eigenvalue weighted by Gasteiger charge is -2.06. The summed E-state index contributed by atoms with van der Waals surface area (Å²) < 4.78 is 25.0. The number of carboxylic acid groups (broad SMARTS) is 1. The number of aliphatic hydroxyl groups is 1. The van der Waals surface area contributed by atoms with E-state index in [9.17, 15) is 13.2 Å². The lowest BCUT2D eigenvalue weighted by atomic mass is 10.3. The Hall–Kier alpha value is -1.45. The highest BCUT2D eigenvalue weighted by molar-refractivity contribution is 7.89. The molecule has 0 fully saturated rings. The number of sulfonamides is 1. The van der Waals surface area contributed by atoms with Crippen LogP contribution in [0.1, 0.15) is 6.42 Å². The van der Waals surface area contributed by atoms with Gasteiger partial charge >= 0.3 is 5.97 Å². The zero-order chi connectivity index (χ0) is 12.2. The van der Waals surface area contributed by atoms with Gasteiger partial charge in [-0.2, -0.15) is 5.10 Å². The van der Waals surface area contributed by atoms with Crippen LogP contribution >= 0.6 is 0 Å². The third-order valence-corrected chi connectivity index (χ3v) is 3.21. The molecule has 90 valence electrons. The molecule has 0 bridgehead atoms. The van der Waals surface area contributed by atoms with Crippen LogP contribution in [0.15, 0.2) is 17.3 Å². The average Bonchev–Trinajstić information content (AvgIpc) is 2.70. The number of rotatable bonds is 6. The molecular formula is C7H11N3O5S. The Balaban J connectivity index is 2.47. The van der Waals surface area contributed by atoms with Gasteiger partial charge < -0.3 is 10.2 Å². The van der Waals surface area contributed by atoms with Crippen molar-refractivity contribution < 1.29 is 23.4 Å². The van der Waals surface area contributed by atoms with Crippen molar-refractivity contribution in [3.8, 4) is 0 Å². The summed E-state index contributed by atoms with van der Waals surface area (Å²) in [5.74, 6) is -1.39. The second-order valence-electron chi connectivity index (χ2n) is 2.97. The lowest BCUT2D eigenvalue weighted by molar-refractivity contribution is -0.146. The Morgan fingerprint density at radius 1 is 1.62 bits per heavy atom. The van der Waals surface area contributed by atoms with Crippen LogP contribution in [0.25, 0.3) is 0 Å². The molecule has 1 aromatic rings. The summed E-state index contributed by atoms with van der Waals surface area (Å²) in [4.78, 5) is 10.2. The van der Waals surface area contributed by atoms with E-state index < -0.39 is 22.1 Å². The molecular weight excluding hydrogens is 238 g/mol. The highest BCUT2D eigenvalue weighted by Crippen LogP contribution is 2.04. The molecule has 0 amide bonds. The van der Waals surface area contributed by atoms with Gasteiger partial charge in [0.15, 0.2) is 6.10 Å². The van der Waals surface area contributed by atoms with Crippen LogP contribution in [-0.2, 0) is 14.8 Å². The molecule has 0 aromatic carbocycles. The van der Waals surface area contributed by atoms with Crippen molar-refractivity contribution >= 4 is 16.0 Å². The van der Waals surface area contributed by atoms with E-state index in [-0.39, 0.29) is 17.9 Å². The van der Waals surface area contributed by atoms with Gasteiger partial charge in [-0.3, -0.25) is 5.10 Å². The van der Waals surface area contributed by atoms with Gasteiger partial charge in [-0.05, 0) is 6.42 Å². The highest BCUT2D eigenvalue weighted by atomic mass is 32.2. The number of nitrogens with zero attached hydrogens (tertiary/aromatic N) is 1. The maximum atomic E-state index is 11.4. The predicted molar refractivity (Wildman–Crippen MR) is 52.0 cm³/mol. The molecule has 8 nitrogen and oxygen atoms in total. The van der Waals surface area contributed by atoms with E-state index in [1.807, 2.05) is 0 Å². The van der Waals surface area contributed by atoms with E-state index >= 15 is 0 Å². The first kappa shape index (κ1) is 12.6. The fraction of sp³-hybridized carbons (Fsp3) is 0.429. The molecule has 1 rings (SSSR count). The van der Waals surface area contributed by atoms with E-state index in [4.69, 9.17) is 10.2 Å². The van der Waals surface area contributed by atoms with Crippen molar-refractivity contribution in [1.29, 1.82) is 0 Å². The summed E-state index contributed by atoms with van der Waals surface area (Å²) in [5.41, 5.74) is 0. The first-order valence-electron chi connectivity index (χ1n) is 4.33. The second-order valence-corrected chi connectivity index (χ2v) is 4.74. The van der Waals surface area contributed by atoms with Gasteiger partial charge in [-0.25, -0.2) is 17.9 Å². The van der Waals surface area contributed by atoms with Crippen LogP contribution in [0.5, 0.6) is 0 Å². The molecule has 0 aliphatic heterocycles. The zero-order valence-corrected chi connectivity index (χ0v) is 8.94. The van der Waals surface area contributed by atoms with Crippen molar-refractivity contribution in [2.45, 2.75) is 17.4 Å². The maximum Gasteiger partial charge on any atom is 0.332 e. The number of H-pyrrole nitrogens is 1. The lowest BCUT2D eigenvalue weighted by Crippen LogP contribution is -2.29. The number of carboxylic acids is 1. The summed E-state index contributed by atoms with van der Waals surface area (Å²) >= 11 is 0. The molecule has 16 heavy (non-hydrogen) atoms. The van der Waals surface area contributed by atoms with Crippen LogP contribution in [0.4, 0.5) is 0 Å². The Morgan fingerprint density at radius 2 is 2.31 bits per heavy atom. The Bertz CT molecular complexity index is 441. The first-order valence-corrected chi connectivity index (χ1v) is 5.81. The second kappa shape index (κ2) is 5.05. The molecule has 0 aliphatic rings. The Morgan fingerprint density at radius 3 is 2.81 bits per heavy atom. The molecule has 1 aromatic heterocycles. The highest BCUT2D eigenvalue weighted by Gasteiger charge is 2.17. The van der Waals surface area contributed by atoms with Gasteiger partial charge in [0, 0.05) is 12.7 Å². The topological polar surface area (TPSA) is 132 Å². The standard InChI is InChI=1S/C7H11N3O5S/c11-6(7(12)13)1-2-10-16(14,15)5-3-8-9-4-5/h3-4,6,10-11H,1-2H2,(H,8,9)(H,12,13)/t6-/m0/s1. The molecule has 0 aliphatic carbocycles. The number of aromatic amines is 1. The molecule has 0 spiro atoms. The molecule has 0 saturated heterocycles. The van der Waals surface area contributed by atoms with E-state index in [0.717, 1.165) is 6.20 Å². The fourth-order valence-corrected chi connectivity index (χ4v) is 1.88. The molecule has 1 heterocycles. The van der Waals surface area contributed by atoms with Gasteiger partial charge in [0.05, 0.1) is 6.20 Å². The van der Waals surface area contributed by atoms with Crippen molar-refractivity contribution in [2.75, 3.05) is 6.54 Å². The van der Waals surface area contributed by atoms with Crippen LogP contribution in [0.3, 0.4) is 0 Å². The summed E-state index contributed by atoms with van der Waals surface area (Å²) in [6.07, 6.45) is 0.533. The number of nitrogens with one attached hydrogen (secondary N) is 2. The van der Waals surface area contributed by atoms with E-state index in [1.54, 1.807) is 0 Å². The minimum absolute atomic E-state index is 0.0442. The third-order valence-electron chi connectivity index (χ3n) is 1.78. The van der Waals surface area contributed by atoms with Gasteiger partial charge in [0.1, 0.15) is 4.90 Å². The van der Waals surface area contributed by atoms with Gasteiger partial charge in [0.25, 0.3) is 0 Å². The summed E-state index contributed by atoms with van der Waals surface area (Å²) in [5, 5.41) is 23.1. The summed E-state index contributed by atoms with van der Waals surface area (Å²) in [6, 6.07) is 0. The van der Waals surface area contributed by atoms with E-state index in [1.165, 1.54) is 6.20 Å². The zero-order valence-electron chi connectivity index (χ0n) is 8.12. The summed E-state index contributed by atoms with van der Waals surface area (Å²) in [7, 11) is -3.69. The van der Waals surface area contributed by atoms with Crippen LogP contribution in [0.2, 0.25) is 0 Å². The number of hydrogen-bond donors (Lipinski definition) is 4. The molecule has 0 radical (unpaired) electrons. The number of carbonyl (C=O) groups is 1. The van der Waals surface area contributed by atoms with Crippen LogP contribution in [-0.4, -0.2) is 47.4 Å². The van der Waals surface area contributed by atoms with Crippen LogP contribution < -0.4 is 4.72 Å². The third kappa shape index (κ3) is 3.29. The Kier molecular flexibility index (Phi) is 3.99. The summed E-state index contributed by atoms with van der Waals surface area (Å²) in [6.45, 7) is -0.166.